The monoisotopic (exact) mass is 278 g/mol. The minimum Gasteiger partial charge on any atom is -0.388 e. The summed E-state index contributed by atoms with van der Waals surface area (Å²) in [6.45, 7) is 0. The van der Waals surface area contributed by atoms with Gasteiger partial charge in [-0.2, -0.15) is 0 Å². The first kappa shape index (κ1) is 13.7. The fraction of sp³-hybridized carbons (Fsp3) is 0.222. The van der Waals surface area contributed by atoms with Crippen LogP contribution >= 0.6 is 0 Å². The van der Waals surface area contributed by atoms with Gasteiger partial charge in [-0.05, 0) is 30.9 Å². The van der Waals surface area contributed by atoms with Crippen molar-refractivity contribution in [1.29, 1.82) is 0 Å². The second-order valence-corrected chi connectivity index (χ2v) is 5.16. The molecular weight excluding hydrogens is 260 g/mol. The quantitative estimate of drug-likeness (QED) is 0.774. The molecule has 1 aromatic heterocycles. The Labute approximate surface area is 124 Å². The summed E-state index contributed by atoms with van der Waals surface area (Å²) in [4.78, 5) is 8.62. The summed E-state index contributed by atoms with van der Waals surface area (Å²) in [5.41, 5.74) is 3.81. The number of aliphatic hydroxyl groups is 1. The minimum atomic E-state index is -0.492. The van der Waals surface area contributed by atoms with Crippen molar-refractivity contribution in [3.05, 3.63) is 72.1 Å². The average molecular weight is 278 g/mol. The molecular formula is C18H18N2O. The Morgan fingerprint density at radius 3 is 2.57 bits per heavy atom. The van der Waals surface area contributed by atoms with Crippen molar-refractivity contribution in [3.8, 4) is 0 Å². The topological polar surface area (TPSA) is 46.0 Å². The van der Waals surface area contributed by atoms with Gasteiger partial charge in [0.25, 0.3) is 0 Å². The lowest BCUT2D eigenvalue weighted by Gasteiger charge is -2.12. The number of hydrogen-bond acceptors (Lipinski definition) is 3. The molecule has 0 aliphatic carbocycles. The van der Waals surface area contributed by atoms with Crippen molar-refractivity contribution in [3.63, 3.8) is 0 Å². The number of aromatic nitrogens is 2. The van der Waals surface area contributed by atoms with Crippen molar-refractivity contribution >= 4 is 11.0 Å². The molecule has 0 amide bonds. The van der Waals surface area contributed by atoms with E-state index >= 15 is 0 Å². The van der Waals surface area contributed by atoms with Crippen LogP contribution in [0.15, 0.2) is 60.9 Å². The van der Waals surface area contributed by atoms with E-state index < -0.39 is 6.10 Å². The largest absolute Gasteiger partial charge is 0.388 e. The third-order valence-electron chi connectivity index (χ3n) is 3.67. The summed E-state index contributed by atoms with van der Waals surface area (Å²) in [6, 6.07) is 16.1. The second-order valence-electron chi connectivity index (χ2n) is 5.16. The Morgan fingerprint density at radius 2 is 1.71 bits per heavy atom. The van der Waals surface area contributed by atoms with Gasteiger partial charge in [0.1, 0.15) is 0 Å². The van der Waals surface area contributed by atoms with Crippen molar-refractivity contribution in [2.45, 2.75) is 25.4 Å². The molecule has 0 spiro atoms. The van der Waals surface area contributed by atoms with Gasteiger partial charge in [-0.15, -0.1) is 0 Å². The summed E-state index contributed by atoms with van der Waals surface area (Å²) >= 11 is 0. The highest BCUT2D eigenvalue weighted by Gasteiger charge is 2.12. The fourth-order valence-electron chi connectivity index (χ4n) is 2.58. The van der Waals surface area contributed by atoms with E-state index in [9.17, 15) is 5.11 Å². The number of hydrogen-bond donors (Lipinski definition) is 1. The first-order valence-corrected chi connectivity index (χ1v) is 7.26. The highest BCUT2D eigenvalue weighted by molar-refractivity contribution is 5.77. The minimum absolute atomic E-state index is 0.492. The van der Waals surface area contributed by atoms with Gasteiger partial charge in [-0.25, -0.2) is 0 Å². The normalized spacial score (nSPS) is 12.4. The van der Waals surface area contributed by atoms with Crippen molar-refractivity contribution in [1.82, 2.24) is 9.97 Å². The molecule has 0 bridgehead atoms. The first-order chi connectivity index (χ1) is 10.3. The molecule has 3 nitrogen and oxygen atoms in total. The molecule has 3 heteroatoms. The summed E-state index contributed by atoms with van der Waals surface area (Å²) in [5, 5.41) is 10.4. The zero-order chi connectivity index (χ0) is 14.5. The van der Waals surface area contributed by atoms with E-state index in [0.717, 1.165) is 35.9 Å². The van der Waals surface area contributed by atoms with E-state index in [1.807, 2.05) is 36.4 Å². The second kappa shape index (κ2) is 6.46. The number of nitrogens with zero attached hydrogens (tertiary/aromatic N) is 2. The molecule has 3 rings (SSSR count). The van der Waals surface area contributed by atoms with Crippen LogP contribution in [0.4, 0.5) is 0 Å². The van der Waals surface area contributed by atoms with Crippen LogP contribution in [-0.4, -0.2) is 15.1 Å². The molecule has 1 unspecified atom stereocenters. The predicted molar refractivity (Wildman–Crippen MR) is 83.9 cm³/mol. The van der Waals surface area contributed by atoms with E-state index in [-0.39, 0.29) is 0 Å². The maximum absolute atomic E-state index is 10.4. The number of aliphatic hydroxyl groups excluding tert-OH is 1. The maximum Gasteiger partial charge on any atom is 0.0944 e. The van der Waals surface area contributed by atoms with Crippen molar-refractivity contribution in [2.75, 3.05) is 0 Å². The molecule has 0 aliphatic heterocycles. The van der Waals surface area contributed by atoms with Gasteiger partial charge in [0.2, 0.25) is 0 Å². The molecule has 1 atom stereocenters. The molecule has 1 heterocycles. The predicted octanol–water partition coefficient (Wildman–Crippen LogP) is 3.69. The lowest BCUT2D eigenvalue weighted by Crippen LogP contribution is -2.01. The Morgan fingerprint density at radius 1 is 0.905 bits per heavy atom. The fourth-order valence-corrected chi connectivity index (χ4v) is 2.58. The van der Waals surface area contributed by atoms with Gasteiger partial charge < -0.3 is 5.11 Å². The summed E-state index contributed by atoms with van der Waals surface area (Å²) < 4.78 is 0. The molecule has 1 N–H and O–H groups in total. The van der Waals surface area contributed by atoms with Crippen LogP contribution in [0.25, 0.3) is 11.0 Å². The van der Waals surface area contributed by atoms with E-state index in [1.54, 1.807) is 12.4 Å². The van der Waals surface area contributed by atoms with Crippen LogP contribution in [-0.2, 0) is 6.42 Å². The Bertz CT molecular complexity index is 707. The van der Waals surface area contributed by atoms with E-state index in [4.69, 9.17) is 0 Å². The molecule has 106 valence electrons. The summed E-state index contributed by atoms with van der Waals surface area (Å²) in [6.07, 6.45) is 5.51. The number of benzene rings is 2. The van der Waals surface area contributed by atoms with Crippen LogP contribution in [0.5, 0.6) is 0 Å². The average Bonchev–Trinajstić information content (AvgIpc) is 2.55. The molecule has 0 fully saturated rings. The Kier molecular flexibility index (Phi) is 4.22. The Hall–Kier alpha value is -2.26. The van der Waals surface area contributed by atoms with Crippen LogP contribution in [0, 0.1) is 0 Å². The molecule has 21 heavy (non-hydrogen) atoms. The molecule has 0 radical (unpaired) electrons. The highest BCUT2D eigenvalue weighted by Crippen LogP contribution is 2.25. The maximum atomic E-state index is 10.4. The third kappa shape index (κ3) is 3.26. The zero-order valence-corrected chi connectivity index (χ0v) is 11.8. The van der Waals surface area contributed by atoms with Gasteiger partial charge in [-0.1, -0.05) is 42.5 Å². The van der Waals surface area contributed by atoms with Crippen LogP contribution < -0.4 is 0 Å². The molecule has 2 aromatic carbocycles. The van der Waals surface area contributed by atoms with Crippen LogP contribution in [0.1, 0.15) is 30.1 Å². The van der Waals surface area contributed by atoms with Gasteiger partial charge in [0, 0.05) is 18.0 Å². The van der Waals surface area contributed by atoms with Gasteiger partial charge in [0.05, 0.1) is 17.1 Å². The molecule has 0 aliphatic rings. The lowest BCUT2D eigenvalue weighted by atomic mass is 10.00. The van der Waals surface area contributed by atoms with Gasteiger partial charge in [-0.3, -0.25) is 9.97 Å². The van der Waals surface area contributed by atoms with Crippen LogP contribution in [0.2, 0.25) is 0 Å². The Balaban J connectivity index is 1.68. The number of para-hydroxylation sites is 1. The number of rotatable bonds is 5. The SMILES string of the molecule is OC(CCCc1ccccc1)c1cccc2nccnc12. The smallest absolute Gasteiger partial charge is 0.0944 e. The van der Waals surface area contributed by atoms with E-state index in [2.05, 4.69) is 22.1 Å². The van der Waals surface area contributed by atoms with Crippen LogP contribution in [0.3, 0.4) is 0 Å². The van der Waals surface area contributed by atoms with E-state index in [1.165, 1.54) is 5.56 Å². The summed E-state index contributed by atoms with van der Waals surface area (Å²) in [7, 11) is 0. The third-order valence-corrected chi connectivity index (χ3v) is 3.67. The van der Waals surface area contributed by atoms with E-state index in [0.29, 0.717) is 0 Å². The number of aryl methyl sites for hydroxylation is 1. The highest BCUT2D eigenvalue weighted by atomic mass is 16.3. The first-order valence-electron chi connectivity index (χ1n) is 7.26. The van der Waals surface area contributed by atoms with Crippen molar-refractivity contribution in [2.24, 2.45) is 0 Å². The molecule has 3 aromatic rings. The van der Waals surface area contributed by atoms with Crippen molar-refractivity contribution < 1.29 is 5.11 Å². The molecule has 0 saturated carbocycles. The number of fused-ring (bicyclic) bond motifs is 1. The van der Waals surface area contributed by atoms with Gasteiger partial charge in [0.15, 0.2) is 0 Å². The standard InChI is InChI=1S/C18H18N2O/c21-17(11-4-8-14-6-2-1-3-7-14)15-9-5-10-16-18(15)20-13-12-19-16/h1-3,5-7,9-10,12-13,17,21H,4,8,11H2. The molecule has 0 saturated heterocycles. The van der Waals surface area contributed by atoms with Gasteiger partial charge >= 0.3 is 0 Å². The zero-order valence-electron chi connectivity index (χ0n) is 11.8. The lowest BCUT2D eigenvalue weighted by molar-refractivity contribution is 0.166. The summed E-state index contributed by atoms with van der Waals surface area (Å²) in [5.74, 6) is 0.